The molecule has 0 radical (unpaired) electrons. The number of rotatable bonds is 0. The molecule has 0 saturated carbocycles. The van der Waals surface area contributed by atoms with E-state index in [1.807, 2.05) is 0 Å². The molecule has 2 rings (SSSR count). The maximum atomic E-state index is 13.2. The smallest absolute Gasteiger partial charge is 0.101 e. The number of aryl methyl sites for hydroxylation is 4. The zero-order valence-electron chi connectivity index (χ0n) is 8.94. The van der Waals surface area contributed by atoms with E-state index in [-0.39, 0.29) is 0 Å². The van der Waals surface area contributed by atoms with Crippen LogP contribution in [0.3, 0.4) is 0 Å². The average Bonchev–Trinajstić information content (AvgIpc) is 2.31. The lowest BCUT2D eigenvalue weighted by Crippen LogP contribution is -1.98. The largest absolute Gasteiger partial charge is 0.247 e. The Balaban J connectivity index is 2.36. The van der Waals surface area contributed by atoms with E-state index in [0.717, 1.165) is 12.8 Å². The summed E-state index contributed by atoms with van der Waals surface area (Å²) >= 11 is 0. The van der Waals surface area contributed by atoms with Crippen LogP contribution in [0.1, 0.15) is 35.1 Å². The van der Waals surface area contributed by atoms with Crippen molar-refractivity contribution in [2.75, 3.05) is 0 Å². The Morgan fingerprint density at radius 2 is 1.43 bits per heavy atom. The summed E-state index contributed by atoms with van der Waals surface area (Å²) in [5.41, 5.74) is 5.41. The minimum atomic E-state index is -0.594. The minimum absolute atomic E-state index is 0.594. The predicted molar refractivity (Wildman–Crippen MR) is 57.5 cm³/mol. The van der Waals surface area contributed by atoms with E-state index >= 15 is 0 Å². The average molecular weight is 192 g/mol. The quantitative estimate of drug-likeness (QED) is 0.552. The molecular weight excluding hydrogens is 175 g/mol. The van der Waals surface area contributed by atoms with Gasteiger partial charge in [0.25, 0.3) is 0 Å². The molecule has 0 bridgehead atoms. The first-order valence-electron chi connectivity index (χ1n) is 5.40. The molecule has 1 aromatic carbocycles. The van der Waals surface area contributed by atoms with Crippen LogP contribution in [0, 0.1) is 13.8 Å². The fraction of sp³-hybridized carbons (Fsp3) is 0.538. The second kappa shape index (κ2) is 3.72. The first kappa shape index (κ1) is 9.70. The van der Waals surface area contributed by atoms with Crippen molar-refractivity contribution >= 4 is 0 Å². The molecule has 1 aliphatic carbocycles. The number of alkyl halides is 1. The van der Waals surface area contributed by atoms with Crippen LogP contribution in [0.4, 0.5) is 4.39 Å². The van der Waals surface area contributed by atoms with Crippen LogP contribution < -0.4 is 0 Å². The molecule has 1 heteroatoms. The third-order valence-corrected chi connectivity index (χ3v) is 3.27. The van der Waals surface area contributed by atoms with E-state index in [2.05, 4.69) is 26.0 Å². The van der Waals surface area contributed by atoms with E-state index in [1.165, 1.54) is 22.3 Å². The Morgan fingerprint density at radius 3 is 1.86 bits per heavy atom. The zero-order chi connectivity index (χ0) is 10.1. The molecule has 0 spiro atoms. The van der Waals surface area contributed by atoms with E-state index in [4.69, 9.17) is 0 Å². The van der Waals surface area contributed by atoms with Gasteiger partial charge in [0.05, 0.1) is 0 Å². The van der Waals surface area contributed by atoms with Crippen LogP contribution >= 0.6 is 0 Å². The Bertz CT molecular complexity index is 308. The van der Waals surface area contributed by atoms with Gasteiger partial charge in [-0.3, -0.25) is 0 Å². The van der Waals surface area contributed by atoms with Gasteiger partial charge < -0.3 is 0 Å². The zero-order valence-corrected chi connectivity index (χ0v) is 8.94. The van der Waals surface area contributed by atoms with Crippen molar-refractivity contribution in [1.29, 1.82) is 0 Å². The van der Waals surface area contributed by atoms with Crippen LogP contribution in [0.2, 0.25) is 0 Å². The molecule has 0 nitrogen and oxygen atoms in total. The Hall–Kier alpha value is -0.850. The Morgan fingerprint density at radius 1 is 1.00 bits per heavy atom. The summed E-state index contributed by atoms with van der Waals surface area (Å²) in [5.74, 6) is 0. The van der Waals surface area contributed by atoms with Gasteiger partial charge >= 0.3 is 0 Å². The molecule has 0 fully saturated rings. The predicted octanol–water partition coefficient (Wildman–Crippen LogP) is 3.52. The SMILES string of the molecule is Cc1cc2c(cc1C)CCC(F)CC2. The fourth-order valence-electron chi connectivity index (χ4n) is 2.17. The molecule has 76 valence electrons. The highest BCUT2D eigenvalue weighted by molar-refractivity contribution is 5.38. The van der Waals surface area contributed by atoms with Crippen molar-refractivity contribution in [3.05, 3.63) is 34.4 Å². The molecule has 0 heterocycles. The molecule has 0 aromatic heterocycles. The monoisotopic (exact) mass is 192 g/mol. The maximum absolute atomic E-state index is 13.2. The molecule has 0 atom stereocenters. The molecule has 0 amide bonds. The van der Waals surface area contributed by atoms with Crippen molar-refractivity contribution < 1.29 is 4.39 Å². The molecule has 0 N–H and O–H groups in total. The van der Waals surface area contributed by atoms with Crippen LogP contribution in [-0.2, 0) is 12.8 Å². The van der Waals surface area contributed by atoms with Crippen molar-refractivity contribution in [2.45, 2.75) is 45.7 Å². The summed E-state index contributed by atoms with van der Waals surface area (Å²) in [7, 11) is 0. The van der Waals surface area contributed by atoms with Gasteiger partial charge in [0.2, 0.25) is 0 Å². The van der Waals surface area contributed by atoms with Crippen LogP contribution in [-0.4, -0.2) is 6.17 Å². The van der Waals surface area contributed by atoms with E-state index < -0.39 is 6.17 Å². The number of hydrogen-bond acceptors (Lipinski definition) is 0. The summed E-state index contributed by atoms with van der Waals surface area (Å²) in [4.78, 5) is 0. The third kappa shape index (κ3) is 1.82. The van der Waals surface area contributed by atoms with Crippen molar-refractivity contribution in [1.82, 2.24) is 0 Å². The molecular formula is C13H17F. The fourth-order valence-corrected chi connectivity index (χ4v) is 2.17. The second-order valence-electron chi connectivity index (χ2n) is 4.38. The maximum Gasteiger partial charge on any atom is 0.101 e. The van der Waals surface area contributed by atoms with Gasteiger partial charge in [-0.15, -0.1) is 0 Å². The van der Waals surface area contributed by atoms with Gasteiger partial charge in [-0.05, 0) is 61.8 Å². The van der Waals surface area contributed by atoms with Gasteiger partial charge in [-0.25, -0.2) is 4.39 Å². The van der Waals surface area contributed by atoms with Crippen LogP contribution in [0.15, 0.2) is 12.1 Å². The van der Waals surface area contributed by atoms with E-state index in [9.17, 15) is 4.39 Å². The van der Waals surface area contributed by atoms with Crippen molar-refractivity contribution in [3.8, 4) is 0 Å². The summed E-state index contributed by atoms with van der Waals surface area (Å²) in [5, 5.41) is 0. The van der Waals surface area contributed by atoms with E-state index in [0.29, 0.717) is 12.8 Å². The summed E-state index contributed by atoms with van der Waals surface area (Å²) in [6, 6.07) is 4.48. The summed E-state index contributed by atoms with van der Waals surface area (Å²) < 4.78 is 13.2. The van der Waals surface area contributed by atoms with Crippen molar-refractivity contribution in [3.63, 3.8) is 0 Å². The van der Waals surface area contributed by atoms with Crippen molar-refractivity contribution in [2.24, 2.45) is 0 Å². The van der Waals surface area contributed by atoms with Crippen LogP contribution in [0.5, 0.6) is 0 Å². The highest BCUT2D eigenvalue weighted by Crippen LogP contribution is 2.25. The first-order valence-corrected chi connectivity index (χ1v) is 5.40. The standard InChI is InChI=1S/C13H17F/c1-9-7-11-3-5-13(14)6-4-12(11)8-10(9)2/h7-8,13H,3-6H2,1-2H3. The molecule has 0 unspecified atom stereocenters. The third-order valence-electron chi connectivity index (χ3n) is 3.27. The highest BCUT2D eigenvalue weighted by atomic mass is 19.1. The Kier molecular flexibility index (Phi) is 2.58. The lowest BCUT2D eigenvalue weighted by Gasteiger charge is -2.09. The normalized spacial score (nSPS) is 17.6. The summed E-state index contributed by atoms with van der Waals surface area (Å²) in [6.07, 6.45) is 2.64. The summed E-state index contributed by atoms with van der Waals surface area (Å²) in [6.45, 7) is 4.26. The Labute approximate surface area is 85.1 Å². The molecule has 1 aromatic rings. The van der Waals surface area contributed by atoms with E-state index in [1.54, 1.807) is 0 Å². The number of benzene rings is 1. The van der Waals surface area contributed by atoms with Gasteiger partial charge in [0.1, 0.15) is 6.17 Å². The van der Waals surface area contributed by atoms with Gasteiger partial charge in [0.15, 0.2) is 0 Å². The van der Waals surface area contributed by atoms with Gasteiger partial charge in [0, 0.05) is 0 Å². The number of fused-ring (bicyclic) bond motifs is 1. The topological polar surface area (TPSA) is 0 Å². The minimum Gasteiger partial charge on any atom is -0.247 e. The second-order valence-corrected chi connectivity index (χ2v) is 4.38. The first-order chi connectivity index (χ1) is 6.66. The highest BCUT2D eigenvalue weighted by Gasteiger charge is 2.15. The molecule has 1 aliphatic rings. The molecule has 0 aliphatic heterocycles. The lowest BCUT2D eigenvalue weighted by molar-refractivity contribution is 0.302. The van der Waals surface area contributed by atoms with Gasteiger partial charge in [-0.2, -0.15) is 0 Å². The molecule has 0 saturated heterocycles. The number of halogens is 1. The van der Waals surface area contributed by atoms with Crippen LogP contribution in [0.25, 0.3) is 0 Å². The molecule has 14 heavy (non-hydrogen) atoms. The lowest BCUT2D eigenvalue weighted by atomic mass is 9.97. The number of hydrogen-bond donors (Lipinski definition) is 0. The van der Waals surface area contributed by atoms with Gasteiger partial charge in [-0.1, -0.05) is 12.1 Å².